The smallest absolute Gasteiger partial charge is 0.264 e. The SMILES string of the molecule is CCOc1ccccc1N(CC(=O)N(Cc1ccccc1)[C@@H](Cc1ccccc1)C(=O)NC(C)C)S(=O)(=O)c1ccc(C)cc1. The number of para-hydroxylation sites is 2. The number of carbonyl (C=O) groups is 2. The molecular formula is C36H41N3O5S. The van der Waals surface area contributed by atoms with Gasteiger partial charge in [0.05, 0.1) is 17.2 Å². The maximum absolute atomic E-state index is 14.6. The Kier molecular flexibility index (Phi) is 11.4. The Morgan fingerprint density at radius 1 is 0.800 bits per heavy atom. The van der Waals surface area contributed by atoms with Crippen LogP contribution in [0.5, 0.6) is 5.75 Å². The first-order valence-electron chi connectivity index (χ1n) is 15.1. The largest absolute Gasteiger partial charge is 0.492 e. The Morgan fingerprint density at radius 2 is 1.38 bits per heavy atom. The van der Waals surface area contributed by atoms with Crippen molar-refractivity contribution in [3.8, 4) is 5.75 Å². The first-order chi connectivity index (χ1) is 21.6. The molecule has 0 heterocycles. The lowest BCUT2D eigenvalue weighted by Gasteiger charge is -2.34. The molecule has 1 N–H and O–H groups in total. The fourth-order valence-corrected chi connectivity index (χ4v) is 6.43. The summed E-state index contributed by atoms with van der Waals surface area (Å²) in [5, 5.41) is 2.97. The summed E-state index contributed by atoms with van der Waals surface area (Å²) >= 11 is 0. The third-order valence-electron chi connectivity index (χ3n) is 7.22. The van der Waals surface area contributed by atoms with Crippen molar-refractivity contribution in [3.63, 3.8) is 0 Å². The first kappa shape index (κ1) is 33.3. The molecule has 8 nitrogen and oxygen atoms in total. The quantitative estimate of drug-likeness (QED) is 0.192. The minimum atomic E-state index is -4.23. The second-order valence-corrected chi connectivity index (χ2v) is 13.0. The molecule has 0 aliphatic heterocycles. The van der Waals surface area contributed by atoms with Gasteiger partial charge in [0, 0.05) is 19.0 Å². The Labute approximate surface area is 266 Å². The number of sulfonamides is 1. The molecule has 0 fully saturated rings. The van der Waals surface area contributed by atoms with Gasteiger partial charge in [0.15, 0.2) is 0 Å². The summed E-state index contributed by atoms with van der Waals surface area (Å²) in [6, 6.07) is 31.0. The van der Waals surface area contributed by atoms with Crippen LogP contribution in [-0.4, -0.2) is 50.4 Å². The number of ether oxygens (including phenoxy) is 1. The van der Waals surface area contributed by atoms with Crippen molar-refractivity contribution in [3.05, 3.63) is 126 Å². The second kappa shape index (κ2) is 15.4. The van der Waals surface area contributed by atoms with Gasteiger partial charge in [0.2, 0.25) is 11.8 Å². The molecule has 0 aliphatic carbocycles. The fraction of sp³-hybridized carbons (Fsp3) is 0.278. The van der Waals surface area contributed by atoms with Crippen LogP contribution in [0, 0.1) is 6.92 Å². The molecule has 1 atom stereocenters. The highest BCUT2D eigenvalue weighted by molar-refractivity contribution is 7.92. The van der Waals surface area contributed by atoms with Gasteiger partial charge in [-0.3, -0.25) is 13.9 Å². The Balaban J connectivity index is 1.83. The predicted molar refractivity (Wildman–Crippen MR) is 178 cm³/mol. The lowest BCUT2D eigenvalue weighted by Crippen LogP contribution is -2.54. The minimum Gasteiger partial charge on any atom is -0.492 e. The van der Waals surface area contributed by atoms with Crippen molar-refractivity contribution in [2.24, 2.45) is 0 Å². The number of rotatable bonds is 14. The monoisotopic (exact) mass is 627 g/mol. The van der Waals surface area contributed by atoms with Gasteiger partial charge < -0.3 is 15.0 Å². The molecular weight excluding hydrogens is 586 g/mol. The minimum absolute atomic E-state index is 0.0418. The highest BCUT2D eigenvalue weighted by atomic mass is 32.2. The zero-order valence-electron chi connectivity index (χ0n) is 26.2. The average Bonchev–Trinajstić information content (AvgIpc) is 3.03. The lowest BCUT2D eigenvalue weighted by atomic mass is 10.0. The molecule has 0 saturated carbocycles. The standard InChI is InChI=1S/C36H41N3O5S/c1-5-44-34-19-13-12-18-32(34)39(45(42,43)31-22-20-28(4)21-23-31)26-35(40)38(25-30-16-10-7-11-17-30)33(36(41)37-27(2)3)24-29-14-8-6-9-15-29/h6-23,27,33H,5,24-26H2,1-4H3,(H,37,41)/t33-/m0/s1. The van der Waals surface area contributed by atoms with Gasteiger partial charge in [0.1, 0.15) is 18.3 Å². The number of amides is 2. The summed E-state index contributed by atoms with van der Waals surface area (Å²) in [5.74, 6) is -0.516. The van der Waals surface area contributed by atoms with Gasteiger partial charge in [-0.05, 0) is 63.1 Å². The number of anilines is 1. The van der Waals surface area contributed by atoms with Crippen LogP contribution in [0.15, 0.2) is 114 Å². The van der Waals surface area contributed by atoms with E-state index in [1.165, 1.54) is 17.0 Å². The van der Waals surface area contributed by atoms with E-state index in [-0.39, 0.29) is 35.5 Å². The van der Waals surface area contributed by atoms with Gasteiger partial charge in [0.25, 0.3) is 10.0 Å². The maximum atomic E-state index is 14.6. The van der Waals surface area contributed by atoms with E-state index in [9.17, 15) is 18.0 Å². The third-order valence-corrected chi connectivity index (χ3v) is 8.99. The number of hydrogen-bond donors (Lipinski definition) is 1. The van der Waals surface area contributed by atoms with E-state index in [1.807, 2.05) is 88.4 Å². The normalized spacial score (nSPS) is 11.9. The fourth-order valence-electron chi connectivity index (χ4n) is 5.01. The van der Waals surface area contributed by atoms with Crippen molar-refractivity contribution < 1.29 is 22.7 Å². The van der Waals surface area contributed by atoms with E-state index in [2.05, 4.69) is 5.32 Å². The van der Waals surface area contributed by atoms with Crippen LogP contribution in [-0.2, 0) is 32.6 Å². The molecule has 236 valence electrons. The molecule has 0 saturated heterocycles. The topological polar surface area (TPSA) is 96.0 Å². The molecule has 0 bridgehead atoms. The van der Waals surface area contributed by atoms with Crippen LogP contribution >= 0.6 is 0 Å². The molecule has 4 rings (SSSR count). The van der Waals surface area contributed by atoms with Crippen molar-refractivity contribution in [2.75, 3.05) is 17.5 Å². The third kappa shape index (κ3) is 8.73. The Hall–Kier alpha value is -4.63. The van der Waals surface area contributed by atoms with Crippen LogP contribution in [0.2, 0.25) is 0 Å². The van der Waals surface area contributed by atoms with E-state index >= 15 is 0 Å². The molecule has 2 amide bonds. The molecule has 4 aromatic carbocycles. The van der Waals surface area contributed by atoms with Gasteiger partial charge >= 0.3 is 0 Å². The molecule has 0 spiro atoms. The number of carbonyl (C=O) groups excluding carboxylic acids is 2. The van der Waals surface area contributed by atoms with Crippen LogP contribution in [0.4, 0.5) is 5.69 Å². The van der Waals surface area contributed by atoms with Crippen molar-refractivity contribution in [1.29, 1.82) is 0 Å². The molecule has 0 unspecified atom stereocenters. The number of hydrogen-bond acceptors (Lipinski definition) is 5. The van der Waals surface area contributed by atoms with Crippen molar-refractivity contribution >= 4 is 27.5 Å². The molecule has 4 aromatic rings. The van der Waals surface area contributed by atoms with Gasteiger partial charge in [-0.1, -0.05) is 90.5 Å². The van der Waals surface area contributed by atoms with Gasteiger partial charge in [-0.15, -0.1) is 0 Å². The molecule has 0 aliphatic rings. The number of nitrogens with one attached hydrogen (secondary N) is 1. The lowest BCUT2D eigenvalue weighted by molar-refractivity contribution is -0.140. The maximum Gasteiger partial charge on any atom is 0.264 e. The highest BCUT2D eigenvalue weighted by Gasteiger charge is 2.35. The average molecular weight is 628 g/mol. The predicted octanol–water partition coefficient (Wildman–Crippen LogP) is 5.75. The Morgan fingerprint density at radius 3 is 1.98 bits per heavy atom. The van der Waals surface area contributed by atoms with E-state index in [0.717, 1.165) is 21.0 Å². The first-order valence-corrected chi connectivity index (χ1v) is 16.5. The van der Waals surface area contributed by atoms with E-state index < -0.39 is 28.5 Å². The number of aryl methyl sites for hydroxylation is 1. The zero-order chi connectivity index (χ0) is 32.4. The summed E-state index contributed by atoms with van der Waals surface area (Å²) in [7, 11) is -4.23. The summed E-state index contributed by atoms with van der Waals surface area (Å²) in [6.45, 7) is 7.27. The molecule has 0 radical (unpaired) electrons. The van der Waals surface area contributed by atoms with Crippen LogP contribution in [0.3, 0.4) is 0 Å². The summed E-state index contributed by atoms with van der Waals surface area (Å²) in [4.78, 5) is 29.9. The van der Waals surface area contributed by atoms with Gasteiger partial charge in [-0.2, -0.15) is 0 Å². The molecule has 0 aromatic heterocycles. The summed E-state index contributed by atoms with van der Waals surface area (Å²) in [6.07, 6.45) is 0.248. The number of nitrogens with zero attached hydrogens (tertiary/aromatic N) is 2. The van der Waals surface area contributed by atoms with Crippen LogP contribution in [0.25, 0.3) is 0 Å². The molecule has 9 heteroatoms. The highest BCUT2D eigenvalue weighted by Crippen LogP contribution is 2.33. The number of benzene rings is 4. The van der Waals surface area contributed by atoms with Crippen LogP contribution in [0.1, 0.15) is 37.5 Å². The summed E-state index contributed by atoms with van der Waals surface area (Å²) in [5.41, 5.74) is 2.82. The summed E-state index contributed by atoms with van der Waals surface area (Å²) < 4.78 is 35.5. The second-order valence-electron chi connectivity index (χ2n) is 11.1. The van der Waals surface area contributed by atoms with Crippen LogP contribution < -0.4 is 14.4 Å². The van der Waals surface area contributed by atoms with Crippen molar-refractivity contribution in [1.82, 2.24) is 10.2 Å². The van der Waals surface area contributed by atoms with E-state index in [0.29, 0.717) is 12.4 Å². The van der Waals surface area contributed by atoms with Gasteiger partial charge in [-0.25, -0.2) is 8.42 Å². The Bertz CT molecular complexity index is 1660. The zero-order valence-corrected chi connectivity index (χ0v) is 27.0. The molecule has 45 heavy (non-hydrogen) atoms. The van der Waals surface area contributed by atoms with E-state index in [1.54, 1.807) is 36.4 Å². The van der Waals surface area contributed by atoms with E-state index in [4.69, 9.17) is 4.74 Å². The van der Waals surface area contributed by atoms with Crippen molar-refractivity contribution in [2.45, 2.75) is 57.6 Å².